The standard InChI is InChI=1S/C21H23FN2O2/c22-18-10-12-19(13-11-18)24(21(26)17-6-2-1-3-7-17)15-5-14-23-20(25)16-8-4-9-16/h1-3,6-7,10-13,16H,4-5,8-9,14-15H2,(H,23,25). The molecule has 4 nitrogen and oxygen atoms in total. The molecule has 1 saturated carbocycles. The van der Waals surface area contributed by atoms with Crippen molar-refractivity contribution in [2.75, 3.05) is 18.0 Å². The van der Waals surface area contributed by atoms with Crippen molar-refractivity contribution >= 4 is 17.5 Å². The first-order valence-electron chi connectivity index (χ1n) is 9.05. The summed E-state index contributed by atoms with van der Waals surface area (Å²) >= 11 is 0. The number of benzene rings is 2. The van der Waals surface area contributed by atoms with Gasteiger partial charge in [-0.2, -0.15) is 0 Å². The van der Waals surface area contributed by atoms with Crippen molar-refractivity contribution < 1.29 is 14.0 Å². The third-order valence-electron chi connectivity index (χ3n) is 4.74. The first-order valence-corrected chi connectivity index (χ1v) is 9.05. The molecule has 5 heteroatoms. The van der Waals surface area contributed by atoms with Crippen LogP contribution in [0.1, 0.15) is 36.0 Å². The van der Waals surface area contributed by atoms with Crippen molar-refractivity contribution in [2.24, 2.45) is 5.92 Å². The summed E-state index contributed by atoms with van der Waals surface area (Å²) in [4.78, 5) is 26.4. The minimum absolute atomic E-state index is 0.110. The van der Waals surface area contributed by atoms with Crippen molar-refractivity contribution in [1.29, 1.82) is 0 Å². The lowest BCUT2D eigenvalue weighted by Gasteiger charge is -2.25. The Labute approximate surface area is 153 Å². The van der Waals surface area contributed by atoms with Crippen LogP contribution in [0.15, 0.2) is 54.6 Å². The normalized spacial score (nSPS) is 13.7. The van der Waals surface area contributed by atoms with Gasteiger partial charge in [0.2, 0.25) is 5.91 Å². The molecule has 0 saturated heterocycles. The van der Waals surface area contributed by atoms with Crippen LogP contribution in [-0.2, 0) is 4.79 Å². The van der Waals surface area contributed by atoms with Crippen molar-refractivity contribution in [3.8, 4) is 0 Å². The molecule has 0 unspecified atom stereocenters. The fourth-order valence-electron chi connectivity index (χ4n) is 2.97. The average molecular weight is 354 g/mol. The molecule has 1 aliphatic rings. The van der Waals surface area contributed by atoms with Crippen LogP contribution in [0.4, 0.5) is 10.1 Å². The van der Waals surface area contributed by atoms with E-state index in [1.165, 1.54) is 12.1 Å². The topological polar surface area (TPSA) is 49.4 Å². The number of hydrogen-bond acceptors (Lipinski definition) is 2. The summed E-state index contributed by atoms with van der Waals surface area (Å²) in [7, 11) is 0. The second kappa shape index (κ2) is 8.61. The maximum atomic E-state index is 13.2. The largest absolute Gasteiger partial charge is 0.356 e. The van der Waals surface area contributed by atoms with Gasteiger partial charge in [0.15, 0.2) is 0 Å². The van der Waals surface area contributed by atoms with Crippen LogP contribution in [0.5, 0.6) is 0 Å². The molecule has 0 heterocycles. The average Bonchev–Trinajstić information content (AvgIpc) is 2.61. The van der Waals surface area contributed by atoms with Gasteiger partial charge in [0.05, 0.1) is 0 Å². The molecule has 1 aliphatic carbocycles. The molecule has 0 aliphatic heterocycles. The third-order valence-corrected chi connectivity index (χ3v) is 4.74. The number of carbonyl (C=O) groups is 2. The molecule has 1 fully saturated rings. The molecule has 0 radical (unpaired) electrons. The summed E-state index contributed by atoms with van der Waals surface area (Å²) in [6.45, 7) is 0.972. The molecule has 3 rings (SSSR count). The van der Waals surface area contributed by atoms with E-state index >= 15 is 0 Å². The first kappa shape index (κ1) is 18.1. The SMILES string of the molecule is O=C(NCCCN(C(=O)c1ccccc1)c1ccc(F)cc1)C1CCC1. The Balaban J connectivity index is 1.63. The fourth-order valence-corrected chi connectivity index (χ4v) is 2.97. The van der Waals surface area contributed by atoms with Gasteiger partial charge in [-0.15, -0.1) is 0 Å². The van der Waals surface area contributed by atoms with Gasteiger partial charge in [0.1, 0.15) is 5.82 Å². The van der Waals surface area contributed by atoms with Crippen molar-refractivity contribution in [2.45, 2.75) is 25.7 Å². The predicted molar refractivity (Wildman–Crippen MR) is 99.5 cm³/mol. The molecule has 136 valence electrons. The van der Waals surface area contributed by atoms with E-state index in [2.05, 4.69) is 5.32 Å². The molecule has 0 aromatic heterocycles. The minimum atomic E-state index is -0.339. The van der Waals surface area contributed by atoms with E-state index in [-0.39, 0.29) is 23.5 Å². The number of anilines is 1. The number of nitrogens with one attached hydrogen (secondary N) is 1. The third kappa shape index (κ3) is 4.48. The van der Waals surface area contributed by atoms with E-state index in [1.807, 2.05) is 18.2 Å². The summed E-state index contributed by atoms with van der Waals surface area (Å²) in [5.41, 5.74) is 1.22. The molecular weight excluding hydrogens is 331 g/mol. The molecule has 2 aromatic carbocycles. The van der Waals surface area contributed by atoms with Gasteiger partial charge in [0.25, 0.3) is 5.91 Å². The molecule has 26 heavy (non-hydrogen) atoms. The van der Waals surface area contributed by atoms with E-state index in [4.69, 9.17) is 0 Å². The Kier molecular flexibility index (Phi) is 6.00. The Bertz CT molecular complexity index is 742. The molecule has 0 spiro atoms. The highest BCUT2D eigenvalue weighted by molar-refractivity contribution is 6.06. The van der Waals surface area contributed by atoms with E-state index in [0.717, 1.165) is 19.3 Å². The lowest BCUT2D eigenvalue weighted by Crippen LogP contribution is -2.37. The van der Waals surface area contributed by atoms with Gasteiger partial charge in [-0.25, -0.2) is 4.39 Å². The molecule has 0 bridgehead atoms. The minimum Gasteiger partial charge on any atom is -0.356 e. The maximum absolute atomic E-state index is 13.2. The van der Waals surface area contributed by atoms with E-state index < -0.39 is 0 Å². The lowest BCUT2D eigenvalue weighted by atomic mass is 9.85. The van der Waals surface area contributed by atoms with Crippen LogP contribution in [0.2, 0.25) is 0 Å². The first-order chi connectivity index (χ1) is 12.6. The smallest absolute Gasteiger partial charge is 0.258 e. The van der Waals surface area contributed by atoms with Gasteiger partial charge in [-0.05, 0) is 55.7 Å². The van der Waals surface area contributed by atoms with Gasteiger partial charge in [0, 0.05) is 30.3 Å². The Morgan fingerprint density at radius 2 is 1.73 bits per heavy atom. The summed E-state index contributed by atoms with van der Waals surface area (Å²) in [6, 6.07) is 14.9. The van der Waals surface area contributed by atoms with Crippen LogP contribution in [0.25, 0.3) is 0 Å². The number of nitrogens with zero attached hydrogens (tertiary/aromatic N) is 1. The van der Waals surface area contributed by atoms with Crippen molar-refractivity contribution in [3.05, 3.63) is 66.0 Å². The van der Waals surface area contributed by atoms with Crippen LogP contribution in [0.3, 0.4) is 0 Å². The number of amides is 2. The number of rotatable bonds is 7. The second-order valence-corrected chi connectivity index (χ2v) is 6.57. The highest BCUT2D eigenvalue weighted by Gasteiger charge is 2.24. The molecular formula is C21H23FN2O2. The van der Waals surface area contributed by atoms with Gasteiger partial charge in [-0.3, -0.25) is 9.59 Å². The zero-order valence-electron chi connectivity index (χ0n) is 14.7. The number of hydrogen-bond donors (Lipinski definition) is 1. The molecule has 2 amide bonds. The van der Waals surface area contributed by atoms with Crippen LogP contribution in [-0.4, -0.2) is 24.9 Å². The van der Waals surface area contributed by atoms with Crippen LogP contribution in [0, 0.1) is 11.7 Å². The molecule has 0 atom stereocenters. The van der Waals surface area contributed by atoms with Crippen molar-refractivity contribution in [3.63, 3.8) is 0 Å². The zero-order chi connectivity index (χ0) is 18.4. The van der Waals surface area contributed by atoms with E-state index in [0.29, 0.717) is 30.8 Å². The maximum Gasteiger partial charge on any atom is 0.258 e. The van der Waals surface area contributed by atoms with Crippen LogP contribution >= 0.6 is 0 Å². The summed E-state index contributed by atoms with van der Waals surface area (Å²) in [5.74, 6) is -0.204. The Hall–Kier alpha value is -2.69. The highest BCUT2D eigenvalue weighted by atomic mass is 19.1. The van der Waals surface area contributed by atoms with Crippen LogP contribution < -0.4 is 10.2 Å². The monoisotopic (exact) mass is 354 g/mol. The fraction of sp³-hybridized carbons (Fsp3) is 0.333. The second-order valence-electron chi connectivity index (χ2n) is 6.57. The number of halogens is 1. The number of carbonyl (C=O) groups excluding carboxylic acids is 2. The summed E-state index contributed by atoms with van der Waals surface area (Å²) < 4.78 is 13.2. The van der Waals surface area contributed by atoms with E-state index in [1.54, 1.807) is 29.2 Å². The Morgan fingerprint density at radius 3 is 2.35 bits per heavy atom. The quantitative estimate of drug-likeness (QED) is 0.769. The molecule has 1 N–H and O–H groups in total. The van der Waals surface area contributed by atoms with E-state index in [9.17, 15) is 14.0 Å². The van der Waals surface area contributed by atoms with Gasteiger partial charge >= 0.3 is 0 Å². The Morgan fingerprint density at radius 1 is 1.04 bits per heavy atom. The highest BCUT2D eigenvalue weighted by Crippen LogP contribution is 2.26. The zero-order valence-corrected chi connectivity index (χ0v) is 14.7. The van der Waals surface area contributed by atoms with Gasteiger partial charge in [-0.1, -0.05) is 24.6 Å². The molecule has 2 aromatic rings. The van der Waals surface area contributed by atoms with Gasteiger partial charge < -0.3 is 10.2 Å². The lowest BCUT2D eigenvalue weighted by molar-refractivity contribution is -0.127. The van der Waals surface area contributed by atoms with Crippen molar-refractivity contribution in [1.82, 2.24) is 5.32 Å². The predicted octanol–water partition coefficient (Wildman–Crippen LogP) is 3.78. The summed E-state index contributed by atoms with van der Waals surface area (Å²) in [6.07, 6.45) is 3.70. The summed E-state index contributed by atoms with van der Waals surface area (Å²) in [5, 5.41) is 2.94.